The Morgan fingerprint density at radius 2 is 1.83 bits per heavy atom. The standard InChI is InChI=1S/C28H32Cl2F2N2O2/c1-36-19-4-2-17(3-5-19)15-34-18-8-9-28(14-18,25(33)35)24(22-21(31)7-6-20(29)23(22)30)26-10-12-27(32,16-26)13-11-26/h2-7,18,24,34H,8-16H2,1H3,(H2,33,35)/t18?,24-,26?,27?,28?/m0/s1. The molecule has 0 saturated heterocycles. The molecule has 36 heavy (non-hydrogen) atoms. The summed E-state index contributed by atoms with van der Waals surface area (Å²) in [6.07, 6.45) is 3.90. The zero-order valence-electron chi connectivity index (χ0n) is 20.4. The third kappa shape index (κ3) is 4.29. The first-order valence-corrected chi connectivity index (χ1v) is 13.4. The van der Waals surface area contributed by atoms with Crippen LogP contribution in [0.15, 0.2) is 36.4 Å². The predicted octanol–water partition coefficient (Wildman–Crippen LogP) is 6.71. The molecule has 194 valence electrons. The van der Waals surface area contributed by atoms with Gasteiger partial charge in [-0.25, -0.2) is 8.78 Å². The van der Waals surface area contributed by atoms with Gasteiger partial charge in [-0.2, -0.15) is 0 Å². The van der Waals surface area contributed by atoms with Crippen LogP contribution < -0.4 is 15.8 Å². The molecular weight excluding hydrogens is 505 g/mol. The minimum absolute atomic E-state index is 0.00235. The summed E-state index contributed by atoms with van der Waals surface area (Å²) in [5.41, 5.74) is 4.57. The molecule has 2 bridgehead atoms. The van der Waals surface area contributed by atoms with Crippen molar-refractivity contribution in [3.8, 4) is 5.75 Å². The van der Waals surface area contributed by atoms with Gasteiger partial charge in [0.1, 0.15) is 17.2 Å². The monoisotopic (exact) mass is 536 g/mol. The van der Waals surface area contributed by atoms with Gasteiger partial charge in [0, 0.05) is 24.1 Å². The second kappa shape index (κ2) is 9.45. The zero-order chi connectivity index (χ0) is 25.7. The fourth-order valence-electron chi connectivity index (χ4n) is 7.43. The maximum Gasteiger partial charge on any atom is 0.224 e. The van der Waals surface area contributed by atoms with E-state index in [1.54, 1.807) is 7.11 Å². The molecule has 3 fully saturated rings. The van der Waals surface area contributed by atoms with E-state index in [1.165, 1.54) is 12.1 Å². The van der Waals surface area contributed by atoms with E-state index in [2.05, 4.69) is 5.32 Å². The highest BCUT2D eigenvalue weighted by atomic mass is 35.5. The molecule has 4 nitrogen and oxygen atoms in total. The van der Waals surface area contributed by atoms with E-state index >= 15 is 8.78 Å². The molecule has 2 aromatic rings. The summed E-state index contributed by atoms with van der Waals surface area (Å²) in [4.78, 5) is 13.3. The fraction of sp³-hybridized carbons (Fsp3) is 0.536. The van der Waals surface area contributed by atoms with Gasteiger partial charge in [0.2, 0.25) is 5.91 Å². The van der Waals surface area contributed by atoms with Crippen LogP contribution >= 0.6 is 23.2 Å². The molecule has 8 heteroatoms. The lowest BCUT2D eigenvalue weighted by molar-refractivity contribution is -0.131. The van der Waals surface area contributed by atoms with E-state index in [-0.39, 0.29) is 21.7 Å². The number of rotatable bonds is 8. The first kappa shape index (κ1) is 25.7. The Hall–Kier alpha value is -1.89. The number of hydrogen-bond donors (Lipinski definition) is 2. The lowest BCUT2D eigenvalue weighted by Gasteiger charge is -2.46. The SMILES string of the molecule is COc1ccc(CNC2CCC(C(N)=O)([C@@H](c3c(F)ccc(Cl)c3Cl)C34CCC(F)(CC3)C4)C2)cc1. The molecule has 2 aromatic carbocycles. The van der Waals surface area contributed by atoms with E-state index in [1.807, 2.05) is 24.3 Å². The molecule has 5 rings (SSSR count). The number of nitrogens with two attached hydrogens (primary N) is 1. The largest absolute Gasteiger partial charge is 0.497 e. The average Bonchev–Trinajstić information content (AvgIpc) is 3.55. The van der Waals surface area contributed by atoms with Gasteiger partial charge in [-0.05, 0) is 86.6 Å². The minimum atomic E-state index is -1.27. The number of benzene rings is 2. The Labute approximate surface area is 220 Å². The van der Waals surface area contributed by atoms with Crippen LogP contribution in [0.1, 0.15) is 68.4 Å². The summed E-state index contributed by atoms with van der Waals surface area (Å²) >= 11 is 13.0. The van der Waals surface area contributed by atoms with E-state index in [4.69, 9.17) is 33.7 Å². The van der Waals surface area contributed by atoms with Gasteiger partial charge in [-0.1, -0.05) is 35.3 Å². The number of hydrogen-bond acceptors (Lipinski definition) is 3. The number of ether oxygens (including phenoxy) is 1. The topological polar surface area (TPSA) is 64.3 Å². The van der Waals surface area contributed by atoms with Gasteiger partial charge in [0.15, 0.2) is 0 Å². The van der Waals surface area contributed by atoms with E-state index in [9.17, 15) is 4.79 Å². The van der Waals surface area contributed by atoms with Crippen molar-refractivity contribution in [3.63, 3.8) is 0 Å². The number of halogens is 4. The molecule has 2 unspecified atom stereocenters. The van der Waals surface area contributed by atoms with Gasteiger partial charge in [-0.3, -0.25) is 4.79 Å². The Morgan fingerprint density at radius 1 is 1.14 bits per heavy atom. The summed E-state index contributed by atoms with van der Waals surface area (Å²) in [7, 11) is 1.63. The molecule has 3 saturated carbocycles. The number of methoxy groups -OCH3 is 1. The smallest absolute Gasteiger partial charge is 0.224 e. The van der Waals surface area contributed by atoms with E-state index in [0.717, 1.165) is 11.3 Å². The van der Waals surface area contributed by atoms with Crippen molar-refractivity contribution in [2.45, 2.75) is 75.5 Å². The summed E-state index contributed by atoms with van der Waals surface area (Å²) in [6.45, 7) is 0.610. The quantitative estimate of drug-likeness (QED) is 0.368. The molecule has 0 heterocycles. The molecule has 0 aromatic heterocycles. The Kier molecular flexibility index (Phi) is 6.76. The van der Waals surface area contributed by atoms with Gasteiger partial charge < -0.3 is 15.8 Å². The lowest BCUT2D eigenvalue weighted by Crippen LogP contribution is -2.47. The van der Waals surface area contributed by atoms with Crippen molar-refractivity contribution >= 4 is 29.1 Å². The van der Waals surface area contributed by atoms with Crippen LogP contribution in [-0.2, 0) is 11.3 Å². The van der Waals surface area contributed by atoms with Crippen LogP contribution in [0.25, 0.3) is 0 Å². The number of alkyl halides is 1. The summed E-state index contributed by atoms with van der Waals surface area (Å²) in [5.74, 6) is -0.842. The molecule has 3 aliphatic rings. The van der Waals surface area contributed by atoms with Crippen molar-refractivity contribution in [1.82, 2.24) is 5.32 Å². The molecular formula is C28H32Cl2F2N2O2. The van der Waals surface area contributed by atoms with Gasteiger partial charge in [0.25, 0.3) is 0 Å². The highest BCUT2D eigenvalue weighted by Gasteiger charge is 2.65. The highest BCUT2D eigenvalue weighted by molar-refractivity contribution is 6.42. The van der Waals surface area contributed by atoms with Gasteiger partial charge >= 0.3 is 0 Å². The second-order valence-corrected chi connectivity index (χ2v) is 11.9. The molecule has 0 spiro atoms. The van der Waals surface area contributed by atoms with Crippen molar-refractivity contribution < 1.29 is 18.3 Å². The summed E-state index contributed by atoms with van der Waals surface area (Å²) < 4.78 is 36.2. The third-order valence-electron chi connectivity index (χ3n) is 9.14. The third-order valence-corrected chi connectivity index (χ3v) is 9.96. The van der Waals surface area contributed by atoms with E-state index in [0.29, 0.717) is 57.9 Å². The summed E-state index contributed by atoms with van der Waals surface area (Å²) in [5, 5.41) is 3.89. The Balaban J connectivity index is 1.50. The van der Waals surface area contributed by atoms with Crippen LogP contribution in [0, 0.1) is 16.6 Å². The number of carbonyl (C=O) groups excluding carboxylic acids is 1. The first-order chi connectivity index (χ1) is 17.1. The lowest BCUT2D eigenvalue weighted by atomic mass is 9.56. The average molecular weight is 537 g/mol. The Morgan fingerprint density at radius 3 is 2.42 bits per heavy atom. The zero-order valence-corrected chi connectivity index (χ0v) is 21.9. The number of carbonyl (C=O) groups is 1. The molecule has 1 amide bonds. The maximum absolute atomic E-state index is 15.5. The van der Waals surface area contributed by atoms with Crippen molar-refractivity contribution in [1.29, 1.82) is 0 Å². The van der Waals surface area contributed by atoms with Crippen LogP contribution in [0.5, 0.6) is 5.75 Å². The molecule has 0 aliphatic heterocycles. The predicted molar refractivity (Wildman–Crippen MR) is 138 cm³/mol. The number of primary amides is 1. The minimum Gasteiger partial charge on any atom is -0.497 e. The van der Waals surface area contributed by atoms with Gasteiger partial charge in [0.05, 0.1) is 22.6 Å². The second-order valence-electron chi connectivity index (χ2n) is 11.1. The molecule has 0 radical (unpaired) electrons. The number of fused-ring (bicyclic) bond motifs is 2. The van der Waals surface area contributed by atoms with Crippen molar-refractivity contribution in [3.05, 3.63) is 63.4 Å². The molecule has 3 N–H and O–H groups in total. The molecule has 3 atom stereocenters. The molecule has 3 aliphatic carbocycles. The highest BCUT2D eigenvalue weighted by Crippen LogP contribution is 2.70. The van der Waals surface area contributed by atoms with Crippen LogP contribution in [-0.4, -0.2) is 24.7 Å². The fourth-order valence-corrected chi connectivity index (χ4v) is 7.86. The van der Waals surface area contributed by atoms with Crippen molar-refractivity contribution in [2.75, 3.05) is 7.11 Å². The van der Waals surface area contributed by atoms with Crippen LogP contribution in [0.2, 0.25) is 10.0 Å². The van der Waals surface area contributed by atoms with Gasteiger partial charge in [-0.15, -0.1) is 0 Å². The Bertz CT molecular complexity index is 1150. The first-order valence-electron chi connectivity index (χ1n) is 12.6. The van der Waals surface area contributed by atoms with E-state index < -0.39 is 34.1 Å². The number of amides is 1. The van der Waals surface area contributed by atoms with Crippen molar-refractivity contribution in [2.24, 2.45) is 16.6 Å². The summed E-state index contributed by atoms with van der Waals surface area (Å²) in [6, 6.07) is 10.5. The van der Waals surface area contributed by atoms with Crippen LogP contribution in [0.3, 0.4) is 0 Å². The maximum atomic E-state index is 15.5. The normalized spacial score (nSPS) is 32.1. The number of nitrogens with one attached hydrogen (secondary N) is 1. The van der Waals surface area contributed by atoms with Crippen LogP contribution in [0.4, 0.5) is 8.78 Å².